The van der Waals surface area contributed by atoms with Gasteiger partial charge >= 0.3 is 0 Å². The van der Waals surface area contributed by atoms with Gasteiger partial charge in [0, 0.05) is 5.56 Å². The number of rotatable bonds is 3. The van der Waals surface area contributed by atoms with Crippen molar-refractivity contribution >= 4 is 0 Å². The quantitative estimate of drug-likeness (QED) is 0.903. The van der Waals surface area contributed by atoms with E-state index in [2.05, 4.69) is 4.98 Å². The lowest BCUT2D eigenvalue weighted by atomic mass is 9.89. The van der Waals surface area contributed by atoms with Crippen molar-refractivity contribution in [1.82, 2.24) is 4.98 Å². The Bertz CT molecular complexity index is 514. The maximum absolute atomic E-state index is 10.1. The predicted molar refractivity (Wildman–Crippen MR) is 71.9 cm³/mol. The van der Waals surface area contributed by atoms with E-state index in [0.29, 0.717) is 5.75 Å². The zero-order valence-electron chi connectivity index (χ0n) is 11.3. The van der Waals surface area contributed by atoms with Gasteiger partial charge in [0.25, 0.3) is 0 Å². The van der Waals surface area contributed by atoms with Gasteiger partial charge < -0.3 is 9.84 Å². The minimum atomic E-state index is -0.937. The van der Waals surface area contributed by atoms with Crippen molar-refractivity contribution < 1.29 is 9.84 Å². The number of fused-ring (bicyclic) bond motifs is 1. The molecular formula is C15H19NO2. The molecule has 3 nitrogen and oxygen atoms in total. The van der Waals surface area contributed by atoms with Crippen LogP contribution in [0.2, 0.25) is 0 Å². The van der Waals surface area contributed by atoms with Gasteiger partial charge in [0.2, 0.25) is 0 Å². The van der Waals surface area contributed by atoms with Gasteiger partial charge in [0.15, 0.2) is 0 Å². The Balaban J connectivity index is 2.36. The Morgan fingerprint density at radius 1 is 1.06 bits per heavy atom. The number of ether oxygens (including phenoxy) is 1. The molecule has 0 saturated heterocycles. The van der Waals surface area contributed by atoms with E-state index >= 15 is 0 Å². The van der Waals surface area contributed by atoms with Gasteiger partial charge in [-0.05, 0) is 39.8 Å². The van der Waals surface area contributed by atoms with Crippen molar-refractivity contribution in [3.05, 3.63) is 36.5 Å². The predicted octanol–water partition coefficient (Wildman–Crippen LogP) is 3.11. The average molecular weight is 245 g/mol. The van der Waals surface area contributed by atoms with Crippen LogP contribution in [0, 0.1) is 0 Å². The van der Waals surface area contributed by atoms with E-state index < -0.39 is 11.2 Å². The Kier molecular flexibility index (Phi) is 3.03. The van der Waals surface area contributed by atoms with Crippen molar-refractivity contribution in [1.29, 1.82) is 0 Å². The Hall–Kier alpha value is -1.61. The van der Waals surface area contributed by atoms with Crippen LogP contribution < -0.4 is 4.74 Å². The van der Waals surface area contributed by atoms with E-state index in [4.69, 9.17) is 4.74 Å². The highest BCUT2D eigenvalue weighted by molar-refractivity contribution is 5.68. The van der Waals surface area contributed by atoms with Crippen molar-refractivity contribution in [2.75, 3.05) is 0 Å². The van der Waals surface area contributed by atoms with Crippen LogP contribution >= 0.6 is 0 Å². The van der Waals surface area contributed by atoms with Crippen LogP contribution in [0.1, 0.15) is 27.7 Å². The zero-order chi connectivity index (χ0) is 13.4. The van der Waals surface area contributed by atoms with Crippen molar-refractivity contribution in [2.45, 2.75) is 38.9 Å². The van der Waals surface area contributed by atoms with E-state index in [-0.39, 0.29) is 0 Å². The fourth-order valence-electron chi connectivity index (χ4n) is 1.54. The number of hydrogen-bond acceptors (Lipinski definition) is 3. The molecule has 0 fully saturated rings. The van der Waals surface area contributed by atoms with E-state index in [9.17, 15) is 5.11 Å². The molecule has 1 aliphatic heterocycles. The van der Waals surface area contributed by atoms with Gasteiger partial charge in [-0.15, -0.1) is 0 Å². The second-order valence-corrected chi connectivity index (χ2v) is 5.50. The largest absolute Gasteiger partial charge is 0.483 e. The molecule has 0 radical (unpaired) electrons. The molecule has 0 amide bonds. The normalized spacial score (nSPS) is 12.7. The first-order valence-electron chi connectivity index (χ1n) is 6.06. The molecular weight excluding hydrogens is 226 g/mol. The summed E-state index contributed by atoms with van der Waals surface area (Å²) in [6, 6.07) is 9.76. The molecule has 0 aromatic heterocycles. The molecule has 0 spiro atoms. The van der Waals surface area contributed by atoms with Gasteiger partial charge in [-0.25, -0.2) is 0 Å². The molecule has 96 valence electrons. The molecule has 0 aromatic carbocycles. The van der Waals surface area contributed by atoms with Crippen LogP contribution in [0.4, 0.5) is 0 Å². The van der Waals surface area contributed by atoms with Gasteiger partial charge in [-0.1, -0.05) is 18.2 Å². The number of nitrogens with zero attached hydrogens (tertiary/aromatic N) is 1. The summed E-state index contributed by atoms with van der Waals surface area (Å²) >= 11 is 0. The van der Waals surface area contributed by atoms with Gasteiger partial charge in [-0.2, -0.15) is 0 Å². The molecule has 18 heavy (non-hydrogen) atoms. The Morgan fingerprint density at radius 2 is 1.72 bits per heavy atom. The molecule has 1 heterocycles. The van der Waals surface area contributed by atoms with E-state index in [0.717, 1.165) is 11.3 Å². The highest BCUT2D eigenvalue weighted by Crippen LogP contribution is 2.35. The molecule has 2 aliphatic rings. The van der Waals surface area contributed by atoms with Crippen LogP contribution in [0.25, 0.3) is 11.3 Å². The molecule has 0 aromatic rings. The number of aromatic nitrogens is 1. The van der Waals surface area contributed by atoms with Crippen molar-refractivity contribution in [3.8, 4) is 17.0 Å². The lowest BCUT2D eigenvalue weighted by Crippen LogP contribution is -2.49. The third-order valence-electron chi connectivity index (χ3n) is 3.44. The van der Waals surface area contributed by atoms with Gasteiger partial charge in [-0.3, -0.25) is 4.98 Å². The highest BCUT2D eigenvalue weighted by atomic mass is 16.5. The Morgan fingerprint density at radius 3 is 2.39 bits per heavy atom. The minimum Gasteiger partial charge on any atom is -0.483 e. The second kappa shape index (κ2) is 4.25. The molecule has 1 N–H and O–H groups in total. The summed E-state index contributed by atoms with van der Waals surface area (Å²) in [5.41, 5.74) is 0.219. The SMILES string of the molecule is CC(C)(O)C(C)(C)Oc1cnc2cccccc1-2. The summed E-state index contributed by atoms with van der Waals surface area (Å²) in [5.74, 6) is 0.702. The maximum atomic E-state index is 10.1. The highest BCUT2D eigenvalue weighted by Gasteiger charge is 2.38. The zero-order valence-corrected chi connectivity index (χ0v) is 11.3. The second-order valence-electron chi connectivity index (χ2n) is 5.50. The molecule has 0 saturated carbocycles. The third-order valence-corrected chi connectivity index (χ3v) is 3.44. The fraction of sp³-hybridized carbons (Fsp3) is 0.400. The van der Waals surface area contributed by atoms with E-state index in [1.165, 1.54) is 0 Å². The lowest BCUT2D eigenvalue weighted by molar-refractivity contribution is -0.0903. The summed E-state index contributed by atoms with van der Waals surface area (Å²) in [5, 5.41) is 10.1. The fourth-order valence-corrected chi connectivity index (χ4v) is 1.54. The van der Waals surface area contributed by atoms with Crippen LogP contribution in [0.5, 0.6) is 5.75 Å². The number of aliphatic hydroxyl groups is 1. The average Bonchev–Trinajstić information content (AvgIpc) is 2.48. The molecule has 0 bridgehead atoms. The van der Waals surface area contributed by atoms with Crippen molar-refractivity contribution in [2.24, 2.45) is 0 Å². The van der Waals surface area contributed by atoms with Crippen LogP contribution in [-0.2, 0) is 0 Å². The Labute approximate surface area is 108 Å². The number of hydrogen-bond donors (Lipinski definition) is 1. The molecule has 3 heteroatoms. The maximum Gasteiger partial charge on any atom is 0.147 e. The summed E-state index contributed by atoms with van der Waals surface area (Å²) in [4.78, 5) is 4.32. The molecule has 0 atom stereocenters. The molecule has 2 rings (SSSR count). The smallest absolute Gasteiger partial charge is 0.147 e. The molecule has 0 unspecified atom stereocenters. The lowest BCUT2D eigenvalue weighted by Gasteiger charge is -2.37. The summed E-state index contributed by atoms with van der Waals surface area (Å²) in [6.45, 7) is 7.22. The van der Waals surface area contributed by atoms with E-state index in [1.807, 2.05) is 44.2 Å². The van der Waals surface area contributed by atoms with Crippen LogP contribution in [0.15, 0.2) is 36.5 Å². The van der Waals surface area contributed by atoms with Crippen molar-refractivity contribution in [3.63, 3.8) is 0 Å². The first kappa shape index (κ1) is 12.8. The van der Waals surface area contributed by atoms with Crippen LogP contribution in [0.3, 0.4) is 0 Å². The first-order chi connectivity index (χ1) is 8.31. The van der Waals surface area contributed by atoms with Gasteiger partial charge in [0.1, 0.15) is 11.4 Å². The summed E-state index contributed by atoms with van der Waals surface area (Å²) in [6.07, 6.45) is 1.71. The third kappa shape index (κ3) is 2.31. The van der Waals surface area contributed by atoms with Crippen LogP contribution in [-0.4, -0.2) is 21.3 Å². The topological polar surface area (TPSA) is 42.4 Å². The first-order valence-corrected chi connectivity index (χ1v) is 6.06. The molecule has 1 aliphatic carbocycles. The van der Waals surface area contributed by atoms with Gasteiger partial charge in [0.05, 0.1) is 17.5 Å². The standard InChI is InChI=1S/C15H19NO2/c1-14(2,17)15(3,4)18-13-10-16-12-9-7-5-6-8-11(12)13/h5-10,17H,1-4H3. The monoisotopic (exact) mass is 245 g/mol. The summed E-state index contributed by atoms with van der Waals surface area (Å²) < 4.78 is 5.95. The minimum absolute atomic E-state index is 0.690. The summed E-state index contributed by atoms with van der Waals surface area (Å²) in [7, 11) is 0. The van der Waals surface area contributed by atoms with E-state index in [1.54, 1.807) is 20.0 Å².